The first-order valence-corrected chi connectivity index (χ1v) is 6.96. The normalized spacial score (nSPS) is 11.1. The second kappa shape index (κ2) is 6.47. The van der Waals surface area contributed by atoms with E-state index in [0.29, 0.717) is 6.61 Å². The van der Waals surface area contributed by atoms with Gasteiger partial charge in [0, 0.05) is 49.6 Å². The van der Waals surface area contributed by atoms with E-state index in [0.717, 1.165) is 35.2 Å². The summed E-state index contributed by atoms with van der Waals surface area (Å²) < 4.78 is 6.92. The molecule has 0 aliphatic rings. The first-order valence-electron chi connectivity index (χ1n) is 6.96. The van der Waals surface area contributed by atoms with Crippen LogP contribution in [0.1, 0.15) is 5.69 Å². The van der Waals surface area contributed by atoms with Gasteiger partial charge in [-0.05, 0) is 18.2 Å². The van der Waals surface area contributed by atoms with Crippen LogP contribution in [0.15, 0.2) is 48.9 Å². The van der Waals surface area contributed by atoms with Gasteiger partial charge in [-0.25, -0.2) is 4.68 Å². The number of benzene rings is 1. The predicted molar refractivity (Wildman–Crippen MR) is 82.4 cm³/mol. The standard InChI is InChI=1S/C16H18N4O/c1-21-10-8-18-12-14-6-9-20(19-14)16-4-2-3-13-11-17-7-5-15(13)16/h2-7,9,11,18H,8,10,12H2,1H3. The molecule has 108 valence electrons. The number of aromatic nitrogens is 3. The van der Waals surface area contributed by atoms with E-state index in [9.17, 15) is 0 Å². The van der Waals surface area contributed by atoms with Crippen molar-refractivity contribution in [1.82, 2.24) is 20.1 Å². The van der Waals surface area contributed by atoms with E-state index in [1.165, 1.54) is 0 Å². The molecule has 0 aliphatic carbocycles. The van der Waals surface area contributed by atoms with Crippen molar-refractivity contribution in [1.29, 1.82) is 0 Å². The van der Waals surface area contributed by atoms with Gasteiger partial charge in [0.15, 0.2) is 0 Å². The van der Waals surface area contributed by atoms with Gasteiger partial charge in [0.05, 0.1) is 18.0 Å². The third-order valence-corrected chi connectivity index (χ3v) is 3.34. The van der Waals surface area contributed by atoms with Gasteiger partial charge in [-0.2, -0.15) is 5.10 Å². The summed E-state index contributed by atoms with van der Waals surface area (Å²) in [5.74, 6) is 0. The summed E-state index contributed by atoms with van der Waals surface area (Å²) in [4.78, 5) is 4.16. The maximum absolute atomic E-state index is 5.01. The molecular formula is C16H18N4O. The highest BCUT2D eigenvalue weighted by Crippen LogP contribution is 2.20. The summed E-state index contributed by atoms with van der Waals surface area (Å²) in [6.07, 6.45) is 5.67. The quantitative estimate of drug-likeness (QED) is 0.704. The molecule has 5 heteroatoms. The lowest BCUT2D eigenvalue weighted by Crippen LogP contribution is -2.18. The van der Waals surface area contributed by atoms with Gasteiger partial charge in [0.2, 0.25) is 0 Å². The monoisotopic (exact) mass is 282 g/mol. The van der Waals surface area contributed by atoms with E-state index in [1.807, 2.05) is 41.5 Å². The average Bonchev–Trinajstić information content (AvgIpc) is 3.00. The molecule has 1 N–H and O–H groups in total. The van der Waals surface area contributed by atoms with E-state index in [1.54, 1.807) is 7.11 Å². The number of nitrogens with one attached hydrogen (secondary N) is 1. The van der Waals surface area contributed by atoms with Crippen LogP contribution < -0.4 is 5.32 Å². The molecule has 0 radical (unpaired) electrons. The maximum atomic E-state index is 5.01. The molecule has 0 aliphatic heterocycles. The number of methoxy groups -OCH3 is 1. The molecule has 2 aromatic heterocycles. The van der Waals surface area contributed by atoms with Crippen LogP contribution in [0.25, 0.3) is 16.5 Å². The lowest BCUT2D eigenvalue weighted by molar-refractivity contribution is 0.199. The minimum atomic E-state index is 0.705. The van der Waals surface area contributed by atoms with Crippen molar-refractivity contribution in [2.75, 3.05) is 20.3 Å². The van der Waals surface area contributed by atoms with Gasteiger partial charge < -0.3 is 10.1 Å². The largest absolute Gasteiger partial charge is 0.383 e. The van der Waals surface area contributed by atoms with Crippen LogP contribution in [0.5, 0.6) is 0 Å². The van der Waals surface area contributed by atoms with Crippen LogP contribution in [0, 0.1) is 0 Å². The lowest BCUT2D eigenvalue weighted by Gasteiger charge is -2.06. The minimum absolute atomic E-state index is 0.705. The zero-order valence-electron chi connectivity index (χ0n) is 12.0. The van der Waals surface area contributed by atoms with Crippen LogP contribution in [0.4, 0.5) is 0 Å². The fourth-order valence-electron chi connectivity index (χ4n) is 2.29. The summed E-state index contributed by atoms with van der Waals surface area (Å²) in [6.45, 7) is 2.27. The van der Waals surface area contributed by atoms with Crippen molar-refractivity contribution in [3.63, 3.8) is 0 Å². The zero-order valence-corrected chi connectivity index (χ0v) is 12.0. The van der Waals surface area contributed by atoms with E-state index in [4.69, 9.17) is 4.74 Å². The lowest BCUT2D eigenvalue weighted by atomic mass is 10.1. The third-order valence-electron chi connectivity index (χ3n) is 3.34. The maximum Gasteiger partial charge on any atom is 0.0766 e. The summed E-state index contributed by atoms with van der Waals surface area (Å²) in [7, 11) is 1.70. The predicted octanol–water partition coefficient (Wildman–Crippen LogP) is 2.16. The summed E-state index contributed by atoms with van der Waals surface area (Å²) in [6, 6.07) is 10.2. The average molecular weight is 282 g/mol. The molecule has 0 saturated heterocycles. The van der Waals surface area contributed by atoms with Crippen LogP contribution in [0.3, 0.4) is 0 Å². The minimum Gasteiger partial charge on any atom is -0.383 e. The second-order valence-electron chi connectivity index (χ2n) is 4.80. The third kappa shape index (κ3) is 3.09. The summed E-state index contributed by atoms with van der Waals surface area (Å²) >= 11 is 0. The van der Waals surface area contributed by atoms with Crippen molar-refractivity contribution < 1.29 is 4.74 Å². The van der Waals surface area contributed by atoms with Crippen molar-refractivity contribution in [2.45, 2.75) is 6.54 Å². The van der Waals surface area contributed by atoms with Gasteiger partial charge >= 0.3 is 0 Å². The topological polar surface area (TPSA) is 52.0 Å². The highest BCUT2D eigenvalue weighted by atomic mass is 16.5. The molecule has 5 nitrogen and oxygen atoms in total. The van der Waals surface area contributed by atoms with Gasteiger partial charge in [0.25, 0.3) is 0 Å². The number of hydrogen-bond acceptors (Lipinski definition) is 4. The Morgan fingerprint density at radius 3 is 3.10 bits per heavy atom. The Labute approximate surface area is 123 Å². The van der Waals surface area contributed by atoms with E-state index < -0.39 is 0 Å². The highest BCUT2D eigenvalue weighted by Gasteiger charge is 2.05. The van der Waals surface area contributed by atoms with Crippen molar-refractivity contribution >= 4 is 10.8 Å². The summed E-state index contributed by atoms with van der Waals surface area (Å²) in [5.41, 5.74) is 2.08. The molecule has 3 rings (SSSR count). The zero-order chi connectivity index (χ0) is 14.5. The highest BCUT2D eigenvalue weighted by molar-refractivity contribution is 5.89. The van der Waals surface area contributed by atoms with E-state index in [-0.39, 0.29) is 0 Å². The molecule has 0 fully saturated rings. The van der Waals surface area contributed by atoms with Gasteiger partial charge in [0.1, 0.15) is 0 Å². The first kappa shape index (κ1) is 13.7. The molecule has 1 aromatic carbocycles. The van der Waals surface area contributed by atoms with Crippen molar-refractivity contribution in [2.24, 2.45) is 0 Å². The Morgan fingerprint density at radius 2 is 2.19 bits per heavy atom. The van der Waals surface area contributed by atoms with Gasteiger partial charge in [-0.1, -0.05) is 12.1 Å². The Hall–Kier alpha value is -2.24. The molecule has 21 heavy (non-hydrogen) atoms. The smallest absolute Gasteiger partial charge is 0.0766 e. The number of fused-ring (bicyclic) bond motifs is 1. The number of hydrogen-bond donors (Lipinski definition) is 1. The number of nitrogens with zero attached hydrogens (tertiary/aromatic N) is 3. The van der Waals surface area contributed by atoms with Crippen molar-refractivity contribution in [3.8, 4) is 5.69 Å². The van der Waals surface area contributed by atoms with Gasteiger partial charge in [-0.15, -0.1) is 0 Å². The first-order chi connectivity index (χ1) is 10.4. The van der Waals surface area contributed by atoms with Gasteiger partial charge in [-0.3, -0.25) is 4.98 Å². The van der Waals surface area contributed by atoms with Crippen LogP contribution >= 0.6 is 0 Å². The second-order valence-corrected chi connectivity index (χ2v) is 4.80. The van der Waals surface area contributed by atoms with Crippen LogP contribution in [-0.2, 0) is 11.3 Å². The molecule has 0 spiro atoms. The molecule has 0 saturated carbocycles. The van der Waals surface area contributed by atoms with E-state index in [2.05, 4.69) is 27.5 Å². The number of rotatable bonds is 6. The Bertz CT molecular complexity index is 718. The van der Waals surface area contributed by atoms with Crippen molar-refractivity contribution in [3.05, 3.63) is 54.6 Å². The Morgan fingerprint density at radius 1 is 1.24 bits per heavy atom. The SMILES string of the molecule is COCCNCc1ccn(-c2cccc3cnccc23)n1. The molecule has 0 atom stereocenters. The fraction of sp³-hybridized carbons (Fsp3) is 0.250. The van der Waals surface area contributed by atoms with Crippen LogP contribution in [-0.4, -0.2) is 35.0 Å². The molecule has 0 bridgehead atoms. The van der Waals surface area contributed by atoms with Crippen LogP contribution in [0.2, 0.25) is 0 Å². The summed E-state index contributed by atoms with van der Waals surface area (Å²) in [5, 5.41) is 10.2. The fourth-order valence-corrected chi connectivity index (χ4v) is 2.29. The van der Waals surface area contributed by atoms with E-state index >= 15 is 0 Å². The molecule has 2 heterocycles. The molecule has 0 unspecified atom stereocenters. The molecular weight excluding hydrogens is 264 g/mol. The number of pyridine rings is 1. The Balaban J connectivity index is 1.81. The number of ether oxygens (including phenoxy) is 1. The molecule has 3 aromatic rings. The molecule has 0 amide bonds. The Kier molecular flexibility index (Phi) is 4.23.